The van der Waals surface area contributed by atoms with Crippen molar-refractivity contribution < 1.29 is 4.74 Å². The molecule has 2 aliphatic carbocycles. The number of hydrogen-bond acceptors (Lipinski definition) is 3. The predicted octanol–water partition coefficient (Wildman–Crippen LogP) is 2.78. The second kappa shape index (κ2) is 6.55. The van der Waals surface area contributed by atoms with Gasteiger partial charge in [-0.15, -0.1) is 0 Å². The molecule has 2 aliphatic rings. The third kappa shape index (κ3) is 3.14. The van der Waals surface area contributed by atoms with Crippen molar-refractivity contribution in [2.24, 2.45) is 11.7 Å². The van der Waals surface area contributed by atoms with Gasteiger partial charge >= 0.3 is 0 Å². The Bertz CT molecular complexity index is 268. The quantitative estimate of drug-likeness (QED) is 0.805. The van der Waals surface area contributed by atoms with Crippen LogP contribution in [0.25, 0.3) is 0 Å². The van der Waals surface area contributed by atoms with Gasteiger partial charge in [-0.25, -0.2) is 0 Å². The maximum Gasteiger partial charge on any atom is 0.0611 e. The van der Waals surface area contributed by atoms with Crippen LogP contribution in [0, 0.1) is 5.92 Å². The van der Waals surface area contributed by atoms with Crippen LogP contribution in [0.1, 0.15) is 58.8 Å². The summed E-state index contributed by atoms with van der Waals surface area (Å²) in [6.07, 6.45) is 9.57. The molecule has 19 heavy (non-hydrogen) atoms. The Morgan fingerprint density at radius 3 is 2.26 bits per heavy atom. The highest BCUT2D eigenvalue weighted by atomic mass is 16.5. The van der Waals surface area contributed by atoms with Gasteiger partial charge in [-0.2, -0.15) is 0 Å². The molecule has 2 fully saturated rings. The molecule has 3 heteroatoms. The van der Waals surface area contributed by atoms with E-state index in [0.29, 0.717) is 6.10 Å². The van der Waals surface area contributed by atoms with E-state index in [1.54, 1.807) is 0 Å². The van der Waals surface area contributed by atoms with E-state index in [1.807, 2.05) is 0 Å². The first-order valence-electron chi connectivity index (χ1n) is 8.19. The van der Waals surface area contributed by atoms with E-state index < -0.39 is 0 Å². The molecule has 0 aliphatic heterocycles. The minimum Gasteiger partial charge on any atom is -0.378 e. The maximum absolute atomic E-state index is 6.09. The van der Waals surface area contributed by atoms with Gasteiger partial charge in [0.1, 0.15) is 0 Å². The summed E-state index contributed by atoms with van der Waals surface area (Å²) < 4.78 is 5.72. The Morgan fingerprint density at radius 1 is 1.16 bits per heavy atom. The van der Waals surface area contributed by atoms with Crippen LogP contribution in [0.3, 0.4) is 0 Å². The van der Waals surface area contributed by atoms with Crippen LogP contribution in [0.15, 0.2) is 0 Å². The smallest absolute Gasteiger partial charge is 0.0611 e. The molecule has 2 saturated carbocycles. The van der Waals surface area contributed by atoms with Gasteiger partial charge in [0.05, 0.1) is 6.10 Å². The molecule has 0 amide bonds. The van der Waals surface area contributed by atoms with Gasteiger partial charge in [0, 0.05) is 24.7 Å². The van der Waals surface area contributed by atoms with Gasteiger partial charge in [0.15, 0.2) is 0 Å². The standard InChI is InChI=1S/C16H32N2O/c1-4-13-6-8-14(9-7-13)18(3)16(12-17)10-15(11-16)19-5-2/h13-15H,4-12,17H2,1-3H3. The van der Waals surface area contributed by atoms with E-state index in [4.69, 9.17) is 10.5 Å². The van der Waals surface area contributed by atoms with Gasteiger partial charge in [0.25, 0.3) is 0 Å². The summed E-state index contributed by atoms with van der Waals surface area (Å²) in [6, 6.07) is 0.744. The lowest BCUT2D eigenvalue weighted by atomic mass is 9.71. The summed E-state index contributed by atoms with van der Waals surface area (Å²) in [5, 5.41) is 0. The molecular formula is C16H32N2O. The zero-order chi connectivity index (χ0) is 13.9. The Kier molecular flexibility index (Phi) is 5.27. The van der Waals surface area contributed by atoms with Crippen molar-refractivity contribution >= 4 is 0 Å². The first kappa shape index (κ1) is 15.3. The fourth-order valence-electron chi connectivity index (χ4n) is 4.07. The number of nitrogens with zero attached hydrogens (tertiary/aromatic N) is 1. The van der Waals surface area contributed by atoms with Crippen molar-refractivity contribution in [2.75, 3.05) is 20.2 Å². The van der Waals surface area contributed by atoms with Gasteiger partial charge in [-0.3, -0.25) is 4.90 Å². The molecule has 2 rings (SSSR count). The summed E-state index contributed by atoms with van der Waals surface area (Å²) in [6.45, 7) is 6.02. The lowest BCUT2D eigenvalue weighted by molar-refractivity contribution is -0.109. The monoisotopic (exact) mass is 268 g/mol. The van der Waals surface area contributed by atoms with Crippen molar-refractivity contribution in [1.82, 2.24) is 4.90 Å². The van der Waals surface area contributed by atoms with Crippen molar-refractivity contribution in [3.8, 4) is 0 Å². The Balaban J connectivity index is 1.86. The minimum absolute atomic E-state index is 0.226. The number of rotatable bonds is 6. The number of hydrogen-bond donors (Lipinski definition) is 1. The highest BCUT2D eigenvalue weighted by molar-refractivity contribution is 5.05. The third-order valence-corrected chi connectivity index (χ3v) is 5.69. The maximum atomic E-state index is 6.09. The SMILES string of the molecule is CCOC1CC(CN)(N(C)C2CCC(CC)CC2)C1. The molecule has 0 aromatic heterocycles. The largest absolute Gasteiger partial charge is 0.378 e. The van der Waals surface area contributed by atoms with E-state index in [0.717, 1.165) is 38.0 Å². The van der Waals surface area contributed by atoms with Gasteiger partial charge in [-0.1, -0.05) is 13.3 Å². The van der Waals surface area contributed by atoms with E-state index in [9.17, 15) is 0 Å². The number of nitrogens with two attached hydrogens (primary N) is 1. The normalized spacial score (nSPS) is 39.3. The van der Waals surface area contributed by atoms with Crippen LogP contribution in [-0.4, -0.2) is 42.8 Å². The Hall–Kier alpha value is -0.120. The summed E-state index contributed by atoms with van der Waals surface area (Å²) in [7, 11) is 2.30. The molecule has 112 valence electrons. The van der Waals surface area contributed by atoms with Crippen molar-refractivity contribution in [2.45, 2.75) is 76.5 Å². The molecule has 0 heterocycles. The first-order chi connectivity index (χ1) is 9.15. The molecule has 0 aromatic rings. The second-order valence-corrected chi connectivity index (χ2v) is 6.61. The molecular weight excluding hydrogens is 236 g/mol. The van der Waals surface area contributed by atoms with Gasteiger partial charge in [-0.05, 0) is 58.4 Å². The van der Waals surface area contributed by atoms with Crippen molar-refractivity contribution in [1.29, 1.82) is 0 Å². The highest BCUT2D eigenvalue weighted by Gasteiger charge is 2.48. The topological polar surface area (TPSA) is 38.5 Å². The summed E-state index contributed by atoms with van der Waals surface area (Å²) in [5.41, 5.74) is 6.32. The Labute approximate surface area is 118 Å². The first-order valence-corrected chi connectivity index (χ1v) is 8.19. The molecule has 0 bridgehead atoms. The Morgan fingerprint density at radius 2 is 1.79 bits per heavy atom. The highest BCUT2D eigenvalue weighted by Crippen LogP contribution is 2.42. The van der Waals surface area contributed by atoms with Crippen LogP contribution in [-0.2, 0) is 4.74 Å². The second-order valence-electron chi connectivity index (χ2n) is 6.61. The van der Waals surface area contributed by atoms with E-state index in [2.05, 4.69) is 25.8 Å². The summed E-state index contributed by atoms with van der Waals surface area (Å²) >= 11 is 0. The molecule has 0 unspecified atom stereocenters. The fourth-order valence-corrected chi connectivity index (χ4v) is 4.07. The number of ether oxygens (including phenoxy) is 1. The molecule has 0 spiro atoms. The van der Waals surface area contributed by atoms with Gasteiger partial charge in [0.2, 0.25) is 0 Å². The molecule has 3 nitrogen and oxygen atoms in total. The molecule has 0 atom stereocenters. The average molecular weight is 268 g/mol. The molecule has 0 saturated heterocycles. The zero-order valence-electron chi connectivity index (χ0n) is 13.0. The summed E-state index contributed by atoms with van der Waals surface area (Å²) in [5.74, 6) is 0.969. The number of likely N-dealkylation sites (N-methyl/N-ethyl adjacent to an activating group) is 1. The van der Waals surface area contributed by atoms with Gasteiger partial charge < -0.3 is 10.5 Å². The van der Waals surface area contributed by atoms with Crippen LogP contribution >= 0.6 is 0 Å². The average Bonchev–Trinajstić information content (AvgIpc) is 2.42. The van der Waals surface area contributed by atoms with Crippen molar-refractivity contribution in [3.05, 3.63) is 0 Å². The van der Waals surface area contributed by atoms with Crippen LogP contribution < -0.4 is 5.73 Å². The summed E-state index contributed by atoms with van der Waals surface area (Å²) in [4.78, 5) is 2.61. The van der Waals surface area contributed by atoms with Crippen LogP contribution in [0.2, 0.25) is 0 Å². The zero-order valence-corrected chi connectivity index (χ0v) is 13.0. The van der Waals surface area contributed by atoms with Crippen LogP contribution in [0.5, 0.6) is 0 Å². The van der Waals surface area contributed by atoms with E-state index in [1.165, 1.54) is 32.1 Å². The van der Waals surface area contributed by atoms with Crippen molar-refractivity contribution in [3.63, 3.8) is 0 Å². The minimum atomic E-state index is 0.226. The third-order valence-electron chi connectivity index (χ3n) is 5.69. The lowest BCUT2D eigenvalue weighted by Gasteiger charge is -2.55. The molecule has 0 aromatic carbocycles. The molecule has 2 N–H and O–H groups in total. The van der Waals surface area contributed by atoms with E-state index >= 15 is 0 Å². The lowest BCUT2D eigenvalue weighted by Crippen LogP contribution is -2.65. The molecule has 0 radical (unpaired) electrons. The van der Waals surface area contributed by atoms with Crippen LogP contribution in [0.4, 0.5) is 0 Å². The van der Waals surface area contributed by atoms with E-state index in [-0.39, 0.29) is 5.54 Å². The predicted molar refractivity (Wildman–Crippen MR) is 80.2 cm³/mol. The fraction of sp³-hybridized carbons (Fsp3) is 1.00.